The molecular weight excluding hydrogens is 825 g/mol. The van der Waals surface area contributed by atoms with E-state index in [0.29, 0.717) is 0 Å². The van der Waals surface area contributed by atoms with Gasteiger partial charge in [0.1, 0.15) is 0 Å². The smallest absolute Gasteiger partial charge is 0.0973 e. The van der Waals surface area contributed by atoms with Crippen LogP contribution in [0.2, 0.25) is 0 Å². The van der Waals surface area contributed by atoms with Crippen molar-refractivity contribution in [2.75, 3.05) is 9.80 Å². The molecule has 0 unspecified atom stereocenters. The second-order valence-electron chi connectivity index (χ2n) is 16.9. The molecule has 0 spiro atoms. The Kier molecular flexibility index (Phi) is 10.5. The van der Waals surface area contributed by atoms with Gasteiger partial charge in [-0.25, -0.2) is 9.97 Å². The molecule has 0 amide bonds. The third-order valence-electron chi connectivity index (χ3n) is 12.9. The maximum Gasteiger partial charge on any atom is 0.0973 e. The minimum atomic E-state index is 0.848. The second kappa shape index (κ2) is 17.7. The maximum atomic E-state index is 5.29. The highest BCUT2D eigenvalue weighted by Crippen LogP contribution is 2.44. The van der Waals surface area contributed by atoms with Gasteiger partial charge in [0.05, 0.1) is 33.8 Å². The van der Waals surface area contributed by atoms with Crippen LogP contribution in [0.4, 0.5) is 34.1 Å². The van der Waals surface area contributed by atoms with E-state index in [1.54, 1.807) is 0 Å². The van der Waals surface area contributed by atoms with Crippen LogP contribution in [-0.2, 0) is 0 Å². The van der Waals surface area contributed by atoms with E-state index in [4.69, 9.17) is 9.97 Å². The first-order chi connectivity index (χ1) is 33.7. The number of aromatic nitrogens is 2. The molecule has 4 nitrogen and oxygen atoms in total. The summed E-state index contributed by atoms with van der Waals surface area (Å²) in [6.07, 6.45) is 0. The SMILES string of the molecule is c1ccc(N(c2ccccc2)c2ccc(-c3ccc(-c4nc5ccccc5nc4-c4ccc(-c5ccc(N(c6ccccc6)c6ccccc6)c6ccccc56)cc4)cc3)c3ccccc23)cc1. The molecule has 0 aliphatic heterocycles. The van der Waals surface area contributed by atoms with Crippen LogP contribution < -0.4 is 9.80 Å². The summed E-state index contributed by atoms with van der Waals surface area (Å²) in [5.41, 5.74) is 16.8. The highest BCUT2D eigenvalue weighted by molar-refractivity contribution is 6.08. The number of nitrogens with zero attached hydrogens (tertiary/aromatic N) is 4. The Labute approximate surface area is 396 Å². The van der Waals surface area contributed by atoms with Gasteiger partial charge in [0.25, 0.3) is 0 Å². The first-order valence-electron chi connectivity index (χ1n) is 23.1. The Balaban J connectivity index is 0.909. The first kappa shape index (κ1) is 40.4. The van der Waals surface area contributed by atoms with Gasteiger partial charge in [-0.1, -0.05) is 194 Å². The Morgan fingerprint density at radius 3 is 0.838 bits per heavy atom. The second-order valence-corrected chi connectivity index (χ2v) is 16.9. The van der Waals surface area contributed by atoms with E-state index in [9.17, 15) is 0 Å². The molecule has 0 bridgehead atoms. The van der Waals surface area contributed by atoms with Crippen LogP contribution in [0.25, 0.3) is 77.3 Å². The van der Waals surface area contributed by atoms with Gasteiger partial charge in [0, 0.05) is 44.6 Å². The zero-order valence-corrected chi connectivity index (χ0v) is 37.2. The van der Waals surface area contributed by atoms with Crippen LogP contribution in [0.1, 0.15) is 0 Å². The number of fused-ring (bicyclic) bond motifs is 3. The lowest BCUT2D eigenvalue weighted by Crippen LogP contribution is -2.10. The largest absolute Gasteiger partial charge is 0.310 e. The van der Waals surface area contributed by atoms with E-state index < -0.39 is 0 Å². The zero-order chi connectivity index (χ0) is 45.2. The van der Waals surface area contributed by atoms with Crippen molar-refractivity contribution in [2.45, 2.75) is 0 Å². The normalized spacial score (nSPS) is 11.2. The highest BCUT2D eigenvalue weighted by Gasteiger charge is 2.20. The predicted molar refractivity (Wildman–Crippen MR) is 286 cm³/mol. The van der Waals surface area contributed by atoms with Crippen molar-refractivity contribution >= 4 is 66.7 Å². The summed E-state index contributed by atoms with van der Waals surface area (Å²) < 4.78 is 0. The number of para-hydroxylation sites is 6. The summed E-state index contributed by atoms with van der Waals surface area (Å²) in [7, 11) is 0. The minimum Gasteiger partial charge on any atom is -0.310 e. The van der Waals surface area contributed by atoms with Gasteiger partial charge >= 0.3 is 0 Å². The Bertz CT molecular complexity index is 3380. The van der Waals surface area contributed by atoms with Crippen LogP contribution in [0.15, 0.2) is 267 Å². The van der Waals surface area contributed by atoms with Crippen molar-refractivity contribution in [3.8, 4) is 44.8 Å². The molecule has 1 heterocycles. The Morgan fingerprint density at radius 2 is 0.500 bits per heavy atom. The standard InChI is InChI=1S/C64H44N4/c1-5-19-49(20-6-1)67(50-21-7-2-8-22-50)61-43-41-53(55-27-13-15-29-57(55)61)45-33-37-47(38-34-45)63-64(66-60-32-18-17-31-59(60)65-63)48-39-35-46(36-40-48)54-42-44-62(58-30-16-14-28-56(54)58)68(51-23-9-3-10-24-51)52-25-11-4-12-26-52/h1-44H. The molecule has 12 aromatic rings. The van der Waals surface area contributed by atoms with Gasteiger partial charge < -0.3 is 9.80 Å². The highest BCUT2D eigenvalue weighted by atomic mass is 15.1. The van der Waals surface area contributed by atoms with Crippen molar-refractivity contribution in [1.29, 1.82) is 0 Å². The number of benzene rings is 11. The number of anilines is 6. The van der Waals surface area contributed by atoms with Crippen LogP contribution in [0.5, 0.6) is 0 Å². The molecule has 11 aromatic carbocycles. The molecule has 0 radical (unpaired) electrons. The molecular formula is C64H44N4. The van der Waals surface area contributed by atoms with E-state index in [1.165, 1.54) is 32.7 Å². The molecule has 68 heavy (non-hydrogen) atoms. The van der Waals surface area contributed by atoms with Gasteiger partial charge in [-0.3, -0.25) is 0 Å². The predicted octanol–water partition coefficient (Wildman–Crippen LogP) is 17.5. The summed E-state index contributed by atoms with van der Waals surface area (Å²) in [5, 5.41) is 4.73. The van der Waals surface area contributed by atoms with Crippen molar-refractivity contribution in [3.05, 3.63) is 267 Å². The van der Waals surface area contributed by atoms with Gasteiger partial charge in [-0.05, 0) is 106 Å². The molecule has 4 heteroatoms. The van der Waals surface area contributed by atoms with Crippen LogP contribution in [-0.4, -0.2) is 9.97 Å². The van der Waals surface area contributed by atoms with Crippen LogP contribution >= 0.6 is 0 Å². The summed E-state index contributed by atoms with van der Waals surface area (Å²) >= 11 is 0. The molecule has 320 valence electrons. The van der Waals surface area contributed by atoms with Gasteiger partial charge in [-0.15, -0.1) is 0 Å². The molecule has 0 saturated heterocycles. The monoisotopic (exact) mass is 868 g/mol. The molecule has 12 rings (SSSR count). The van der Waals surface area contributed by atoms with Crippen molar-refractivity contribution < 1.29 is 0 Å². The summed E-state index contributed by atoms with van der Waals surface area (Å²) in [4.78, 5) is 15.3. The van der Waals surface area contributed by atoms with Gasteiger partial charge in [-0.2, -0.15) is 0 Å². The van der Waals surface area contributed by atoms with Crippen molar-refractivity contribution in [2.24, 2.45) is 0 Å². The Morgan fingerprint density at radius 1 is 0.221 bits per heavy atom. The van der Waals surface area contributed by atoms with Gasteiger partial charge in [0.15, 0.2) is 0 Å². The number of rotatable bonds is 10. The molecule has 0 aliphatic carbocycles. The fourth-order valence-electron chi connectivity index (χ4n) is 9.64. The molecule has 0 saturated carbocycles. The van der Waals surface area contributed by atoms with Crippen molar-refractivity contribution in [1.82, 2.24) is 9.97 Å². The Hall–Kier alpha value is -9.12. The lowest BCUT2D eigenvalue weighted by Gasteiger charge is -2.27. The van der Waals surface area contributed by atoms with E-state index >= 15 is 0 Å². The molecule has 0 fully saturated rings. The minimum absolute atomic E-state index is 0.848. The van der Waals surface area contributed by atoms with Crippen LogP contribution in [0, 0.1) is 0 Å². The average molecular weight is 869 g/mol. The fourth-order valence-corrected chi connectivity index (χ4v) is 9.64. The topological polar surface area (TPSA) is 32.3 Å². The maximum absolute atomic E-state index is 5.29. The average Bonchev–Trinajstić information content (AvgIpc) is 3.42. The number of hydrogen-bond acceptors (Lipinski definition) is 4. The van der Waals surface area contributed by atoms with E-state index in [-0.39, 0.29) is 0 Å². The molecule has 0 aliphatic rings. The molecule has 0 N–H and O–H groups in total. The lowest BCUT2D eigenvalue weighted by molar-refractivity contribution is 1.29. The van der Waals surface area contributed by atoms with Gasteiger partial charge in [0.2, 0.25) is 0 Å². The summed E-state index contributed by atoms with van der Waals surface area (Å²) in [6, 6.07) is 94.6. The number of hydrogen-bond donors (Lipinski definition) is 0. The first-order valence-corrected chi connectivity index (χ1v) is 23.1. The molecule has 0 atom stereocenters. The summed E-state index contributed by atoms with van der Waals surface area (Å²) in [6.45, 7) is 0. The van der Waals surface area contributed by atoms with E-state index in [1.807, 2.05) is 24.3 Å². The molecule has 1 aromatic heterocycles. The van der Waals surface area contributed by atoms with E-state index in [2.05, 4.69) is 252 Å². The van der Waals surface area contributed by atoms with Crippen LogP contribution in [0.3, 0.4) is 0 Å². The van der Waals surface area contributed by atoms with Crippen molar-refractivity contribution in [3.63, 3.8) is 0 Å². The fraction of sp³-hybridized carbons (Fsp3) is 0. The zero-order valence-electron chi connectivity index (χ0n) is 37.2. The quantitative estimate of drug-likeness (QED) is 0.137. The lowest BCUT2D eigenvalue weighted by atomic mass is 9.94. The third-order valence-corrected chi connectivity index (χ3v) is 12.9. The summed E-state index contributed by atoms with van der Waals surface area (Å²) in [5.74, 6) is 0. The third kappa shape index (κ3) is 7.50. The van der Waals surface area contributed by atoms with E-state index in [0.717, 1.165) is 78.8 Å².